The minimum absolute atomic E-state index is 0.659. The Morgan fingerprint density at radius 2 is 1.87 bits per heavy atom. The van der Waals surface area contributed by atoms with E-state index in [1.165, 1.54) is 12.8 Å². The van der Waals surface area contributed by atoms with Crippen LogP contribution in [-0.4, -0.2) is 0 Å². The van der Waals surface area contributed by atoms with Gasteiger partial charge in [0.2, 0.25) is 0 Å². The molecule has 1 spiro atoms. The van der Waals surface area contributed by atoms with Gasteiger partial charge in [-0.2, -0.15) is 0 Å². The van der Waals surface area contributed by atoms with Crippen molar-refractivity contribution in [2.75, 3.05) is 0 Å². The van der Waals surface area contributed by atoms with Gasteiger partial charge in [-0.05, 0) is 53.8 Å². The van der Waals surface area contributed by atoms with Crippen LogP contribution in [0.15, 0.2) is 12.2 Å². The SMILES string of the molecule is CC(C)[C@@H]1CC[C@@H](C)[C@@]23C=C[C@@H](C)[C@@H]2[C@@H]13. The number of allylic oxidation sites excluding steroid dienone is 2. The minimum Gasteiger partial charge on any atom is -0.0848 e. The normalized spacial score (nSPS) is 56.7. The molecule has 0 bridgehead atoms. The number of fused-ring (bicyclic) bond motifs is 1. The third kappa shape index (κ3) is 1.04. The molecule has 2 fully saturated rings. The quantitative estimate of drug-likeness (QED) is 0.563. The molecular weight excluding hydrogens is 180 g/mol. The molecule has 3 aliphatic rings. The molecule has 0 heteroatoms. The van der Waals surface area contributed by atoms with Gasteiger partial charge in [0.1, 0.15) is 0 Å². The van der Waals surface area contributed by atoms with Gasteiger partial charge in [-0.25, -0.2) is 0 Å². The van der Waals surface area contributed by atoms with Crippen LogP contribution in [0, 0.1) is 40.9 Å². The van der Waals surface area contributed by atoms with Gasteiger partial charge in [0.05, 0.1) is 0 Å². The second-order valence-corrected chi connectivity index (χ2v) is 6.66. The molecule has 0 amide bonds. The van der Waals surface area contributed by atoms with Crippen molar-refractivity contribution in [2.24, 2.45) is 40.9 Å². The van der Waals surface area contributed by atoms with Crippen LogP contribution in [0.4, 0.5) is 0 Å². The van der Waals surface area contributed by atoms with Crippen LogP contribution in [-0.2, 0) is 0 Å². The van der Waals surface area contributed by atoms with E-state index in [1.807, 2.05) is 0 Å². The van der Waals surface area contributed by atoms with E-state index in [0.717, 1.165) is 35.5 Å². The van der Waals surface area contributed by atoms with E-state index < -0.39 is 0 Å². The predicted octanol–water partition coefficient (Wildman–Crippen LogP) is 4.13. The van der Waals surface area contributed by atoms with E-state index in [-0.39, 0.29) is 0 Å². The van der Waals surface area contributed by atoms with Crippen molar-refractivity contribution in [3.8, 4) is 0 Å². The van der Waals surface area contributed by atoms with E-state index in [2.05, 4.69) is 39.8 Å². The van der Waals surface area contributed by atoms with Gasteiger partial charge >= 0.3 is 0 Å². The number of hydrogen-bond donors (Lipinski definition) is 0. The summed E-state index contributed by atoms with van der Waals surface area (Å²) in [5.41, 5.74) is 0.659. The fourth-order valence-electron chi connectivity index (χ4n) is 5.01. The van der Waals surface area contributed by atoms with Gasteiger partial charge in [-0.3, -0.25) is 0 Å². The Bertz CT molecular complexity index is 301. The zero-order chi connectivity index (χ0) is 10.8. The summed E-state index contributed by atoms with van der Waals surface area (Å²) in [4.78, 5) is 0. The summed E-state index contributed by atoms with van der Waals surface area (Å²) < 4.78 is 0. The lowest BCUT2D eigenvalue weighted by Crippen LogP contribution is -2.26. The molecule has 84 valence electrons. The molecule has 0 aromatic carbocycles. The first-order valence-corrected chi connectivity index (χ1v) is 6.78. The molecular formula is C15H24. The Kier molecular flexibility index (Phi) is 1.92. The third-order valence-corrected chi connectivity index (χ3v) is 5.79. The maximum atomic E-state index is 2.60. The van der Waals surface area contributed by atoms with Gasteiger partial charge in [-0.15, -0.1) is 0 Å². The molecule has 15 heavy (non-hydrogen) atoms. The summed E-state index contributed by atoms with van der Waals surface area (Å²) in [5, 5.41) is 0. The van der Waals surface area contributed by atoms with Gasteiger partial charge in [0.25, 0.3) is 0 Å². The molecule has 0 heterocycles. The molecule has 0 nitrogen and oxygen atoms in total. The molecule has 3 aliphatic carbocycles. The highest BCUT2D eigenvalue weighted by Crippen LogP contribution is 2.77. The highest BCUT2D eigenvalue weighted by Gasteiger charge is 2.72. The Labute approximate surface area is 94.1 Å². The summed E-state index contributed by atoms with van der Waals surface area (Å²) in [5.74, 6) is 5.77. The minimum atomic E-state index is 0.659. The fraction of sp³-hybridized carbons (Fsp3) is 0.867. The third-order valence-electron chi connectivity index (χ3n) is 5.79. The van der Waals surface area contributed by atoms with Crippen LogP contribution in [0.3, 0.4) is 0 Å². The zero-order valence-corrected chi connectivity index (χ0v) is 10.5. The van der Waals surface area contributed by atoms with E-state index in [4.69, 9.17) is 0 Å². The average molecular weight is 204 g/mol. The van der Waals surface area contributed by atoms with Gasteiger partial charge in [0, 0.05) is 0 Å². The van der Waals surface area contributed by atoms with Gasteiger partial charge in [0.15, 0.2) is 0 Å². The number of rotatable bonds is 1. The summed E-state index contributed by atoms with van der Waals surface area (Å²) in [7, 11) is 0. The second kappa shape index (κ2) is 2.90. The van der Waals surface area contributed by atoms with Crippen LogP contribution in [0.25, 0.3) is 0 Å². The summed E-state index contributed by atoms with van der Waals surface area (Å²) in [6.45, 7) is 9.78. The second-order valence-electron chi connectivity index (χ2n) is 6.66. The molecule has 0 aromatic rings. The molecule has 2 saturated carbocycles. The van der Waals surface area contributed by atoms with Crippen LogP contribution < -0.4 is 0 Å². The average Bonchev–Trinajstić information content (AvgIpc) is 2.75. The summed E-state index contributed by atoms with van der Waals surface area (Å²) in [6, 6.07) is 0. The van der Waals surface area contributed by atoms with Crippen molar-refractivity contribution in [2.45, 2.75) is 40.5 Å². The van der Waals surface area contributed by atoms with Crippen molar-refractivity contribution in [3.05, 3.63) is 12.2 Å². The van der Waals surface area contributed by atoms with Crippen molar-refractivity contribution in [3.63, 3.8) is 0 Å². The molecule has 0 unspecified atom stereocenters. The topological polar surface area (TPSA) is 0 Å². The van der Waals surface area contributed by atoms with Gasteiger partial charge < -0.3 is 0 Å². The van der Waals surface area contributed by atoms with Crippen LogP contribution in [0.2, 0.25) is 0 Å². The van der Waals surface area contributed by atoms with E-state index in [1.54, 1.807) is 0 Å². The molecule has 0 saturated heterocycles. The molecule has 6 atom stereocenters. The van der Waals surface area contributed by atoms with Crippen molar-refractivity contribution in [1.82, 2.24) is 0 Å². The van der Waals surface area contributed by atoms with E-state index in [0.29, 0.717) is 5.41 Å². The maximum absolute atomic E-state index is 2.60. The first-order chi connectivity index (χ1) is 7.09. The maximum Gasteiger partial charge on any atom is -0.00216 e. The highest BCUT2D eigenvalue weighted by molar-refractivity contribution is 5.32. The Balaban J connectivity index is 1.92. The van der Waals surface area contributed by atoms with Crippen LogP contribution in [0.1, 0.15) is 40.5 Å². The molecule has 0 N–H and O–H groups in total. The lowest BCUT2D eigenvalue weighted by atomic mass is 9.71. The first kappa shape index (κ1) is 9.93. The first-order valence-electron chi connectivity index (χ1n) is 6.78. The van der Waals surface area contributed by atoms with E-state index in [9.17, 15) is 0 Å². The molecule has 0 radical (unpaired) electrons. The monoisotopic (exact) mass is 204 g/mol. The van der Waals surface area contributed by atoms with Crippen molar-refractivity contribution in [1.29, 1.82) is 0 Å². The fourth-order valence-corrected chi connectivity index (χ4v) is 5.01. The van der Waals surface area contributed by atoms with Gasteiger partial charge in [-0.1, -0.05) is 39.8 Å². The predicted molar refractivity (Wildman–Crippen MR) is 64.4 cm³/mol. The van der Waals surface area contributed by atoms with Crippen molar-refractivity contribution < 1.29 is 0 Å². The smallest absolute Gasteiger partial charge is 0.00216 e. The molecule has 0 aliphatic heterocycles. The molecule has 0 aromatic heterocycles. The lowest BCUT2D eigenvalue weighted by molar-refractivity contribution is 0.179. The summed E-state index contributed by atoms with van der Waals surface area (Å²) in [6.07, 6.45) is 8.04. The summed E-state index contributed by atoms with van der Waals surface area (Å²) >= 11 is 0. The van der Waals surface area contributed by atoms with Crippen molar-refractivity contribution >= 4 is 0 Å². The van der Waals surface area contributed by atoms with E-state index >= 15 is 0 Å². The highest BCUT2D eigenvalue weighted by atomic mass is 14.8. The Hall–Kier alpha value is -0.260. The largest absolute Gasteiger partial charge is 0.0848 e. The van der Waals surface area contributed by atoms with Crippen LogP contribution in [0.5, 0.6) is 0 Å². The zero-order valence-electron chi connectivity index (χ0n) is 10.5. The Morgan fingerprint density at radius 3 is 2.53 bits per heavy atom. The van der Waals surface area contributed by atoms with Crippen LogP contribution >= 0.6 is 0 Å². The lowest BCUT2D eigenvalue weighted by Gasteiger charge is -2.34. The molecule has 3 rings (SSSR count). The Morgan fingerprint density at radius 1 is 1.13 bits per heavy atom. The number of hydrogen-bond acceptors (Lipinski definition) is 0. The standard InChI is InChI=1S/C15H24/c1-9(2)12-6-5-11(4)15-8-7-10(3)13(15)14(12)15/h7-14H,5-6H2,1-4H3/t10-,11-,12+,13-,14-,15+/m1/s1.